The quantitative estimate of drug-likeness (QED) is 0.750. The zero-order chi connectivity index (χ0) is 9.68. The normalized spacial score (nSPS) is 10.8. The van der Waals surface area contributed by atoms with E-state index in [4.69, 9.17) is 5.11 Å². The monoisotopic (exact) mass is 181 g/mol. The minimum atomic E-state index is 0.176. The Morgan fingerprint density at radius 2 is 2.23 bits per heavy atom. The van der Waals surface area contributed by atoms with E-state index in [0.717, 1.165) is 11.5 Å². The summed E-state index contributed by atoms with van der Waals surface area (Å²) in [5, 5.41) is 16.4. The minimum Gasteiger partial charge on any atom is -0.396 e. The second kappa shape index (κ2) is 4.87. The molecule has 0 aliphatic rings. The highest BCUT2D eigenvalue weighted by Gasteiger charge is 2.03. The SMILES string of the molecule is CC(C)c1cnnc(CCCO)n1. The van der Waals surface area contributed by atoms with Crippen LogP contribution < -0.4 is 0 Å². The zero-order valence-corrected chi connectivity index (χ0v) is 8.06. The summed E-state index contributed by atoms with van der Waals surface area (Å²) in [5.74, 6) is 1.10. The first-order chi connectivity index (χ1) is 6.24. The molecule has 0 unspecified atom stereocenters. The van der Waals surface area contributed by atoms with Crippen LogP contribution in [0.25, 0.3) is 0 Å². The van der Waals surface area contributed by atoms with Gasteiger partial charge in [-0.15, -0.1) is 5.10 Å². The van der Waals surface area contributed by atoms with Crippen molar-refractivity contribution in [2.75, 3.05) is 6.61 Å². The summed E-state index contributed by atoms with van der Waals surface area (Å²) >= 11 is 0. The highest BCUT2D eigenvalue weighted by atomic mass is 16.2. The molecule has 0 radical (unpaired) electrons. The molecule has 1 heterocycles. The van der Waals surface area contributed by atoms with Crippen molar-refractivity contribution >= 4 is 0 Å². The van der Waals surface area contributed by atoms with Crippen molar-refractivity contribution in [3.8, 4) is 0 Å². The first-order valence-corrected chi connectivity index (χ1v) is 4.53. The largest absolute Gasteiger partial charge is 0.396 e. The van der Waals surface area contributed by atoms with E-state index in [-0.39, 0.29) is 6.61 Å². The molecule has 0 bridgehead atoms. The zero-order valence-electron chi connectivity index (χ0n) is 8.06. The fourth-order valence-electron chi connectivity index (χ4n) is 0.976. The average Bonchev–Trinajstić information content (AvgIpc) is 2.15. The Morgan fingerprint density at radius 3 is 2.85 bits per heavy atom. The second-order valence-corrected chi connectivity index (χ2v) is 3.28. The lowest BCUT2D eigenvalue weighted by Crippen LogP contribution is -2.03. The fourth-order valence-corrected chi connectivity index (χ4v) is 0.976. The lowest BCUT2D eigenvalue weighted by atomic mass is 10.1. The molecule has 0 aliphatic heterocycles. The van der Waals surface area contributed by atoms with Gasteiger partial charge in [-0.3, -0.25) is 0 Å². The van der Waals surface area contributed by atoms with Crippen molar-refractivity contribution < 1.29 is 5.11 Å². The van der Waals surface area contributed by atoms with Crippen molar-refractivity contribution in [2.24, 2.45) is 0 Å². The van der Waals surface area contributed by atoms with Gasteiger partial charge in [-0.05, 0) is 12.3 Å². The Labute approximate surface area is 78.0 Å². The van der Waals surface area contributed by atoms with Gasteiger partial charge < -0.3 is 5.11 Å². The van der Waals surface area contributed by atoms with Crippen molar-refractivity contribution in [3.63, 3.8) is 0 Å². The lowest BCUT2D eigenvalue weighted by molar-refractivity contribution is 0.287. The molecule has 1 aromatic heterocycles. The summed E-state index contributed by atoms with van der Waals surface area (Å²) < 4.78 is 0. The van der Waals surface area contributed by atoms with Crippen LogP contribution in [-0.2, 0) is 6.42 Å². The predicted octanol–water partition coefficient (Wildman–Crippen LogP) is 0.920. The van der Waals surface area contributed by atoms with Crippen LogP contribution in [0.4, 0.5) is 0 Å². The van der Waals surface area contributed by atoms with Crippen LogP contribution in [0.2, 0.25) is 0 Å². The molecule has 0 aromatic carbocycles. The molecule has 4 heteroatoms. The van der Waals surface area contributed by atoms with Crippen molar-refractivity contribution in [2.45, 2.75) is 32.6 Å². The number of aliphatic hydroxyl groups is 1. The molecular weight excluding hydrogens is 166 g/mol. The summed E-state index contributed by atoms with van der Waals surface area (Å²) in [6.45, 7) is 4.31. The molecule has 0 amide bonds. The van der Waals surface area contributed by atoms with E-state index in [2.05, 4.69) is 29.0 Å². The van der Waals surface area contributed by atoms with Gasteiger partial charge in [-0.2, -0.15) is 5.10 Å². The van der Waals surface area contributed by atoms with Crippen molar-refractivity contribution in [1.29, 1.82) is 0 Å². The molecule has 4 nitrogen and oxygen atoms in total. The first-order valence-electron chi connectivity index (χ1n) is 4.53. The number of hydrogen-bond acceptors (Lipinski definition) is 4. The van der Waals surface area contributed by atoms with Crippen molar-refractivity contribution in [1.82, 2.24) is 15.2 Å². The molecule has 0 aliphatic carbocycles. The molecular formula is C9H15N3O. The molecule has 1 N–H and O–H groups in total. The Kier molecular flexibility index (Phi) is 3.76. The molecule has 0 saturated carbocycles. The molecule has 1 rings (SSSR count). The molecule has 1 aromatic rings. The first kappa shape index (κ1) is 10.1. The number of aliphatic hydroxyl groups excluding tert-OH is 1. The van der Waals surface area contributed by atoms with Crippen LogP contribution >= 0.6 is 0 Å². The number of aryl methyl sites for hydroxylation is 1. The van der Waals surface area contributed by atoms with Crippen LogP contribution in [0.1, 0.15) is 37.7 Å². The van der Waals surface area contributed by atoms with Crippen LogP contribution in [0.3, 0.4) is 0 Å². The van der Waals surface area contributed by atoms with Gasteiger partial charge in [0, 0.05) is 13.0 Å². The maximum absolute atomic E-state index is 8.63. The Morgan fingerprint density at radius 1 is 1.46 bits per heavy atom. The van der Waals surface area contributed by atoms with E-state index >= 15 is 0 Å². The minimum absolute atomic E-state index is 0.176. The number of rotatable bonds is 4. The summed E-state index contributed by atoms with van der Waals surface area (Å²) in [5.41, 5.74) is 0.961. The topological polar surface area (TPSA) is 58.9 Å². The van der Waals surface area contributed by atoms with Crippen molar-refractivity contribution in [3.05, 3.63) is 17.7 Å². The van der Waals surface area contributed by atoms with Crippen LogP contribution in [0.15, 0.2) is 6.20 Å². The smallest absolute Gasteiger partial charge is 0.151 e. The van der Waals surface area contributed by atoms with Gasteiger partial charge in [0.05, 0.1) is 11.9 Å². The molecule has 0 fully saturated rings. The molecule has 0 saturated heterocycles. The standard InChI is InChI=1S/C9H15N3O/c1-7(2)8-6-10-12-9(11-8)4-3-5-13/h6-7,13H,3-5H2,1-2H3. The molecule has 13 heavy (non-hydrogen) atoms. The van der Waals surface area contributed by atoms with Gasteiger partial charge >= 0.3 is 0 Å². The third kappa shape index (κ3) is 3.06. The van der Waals surface area contributed by atoms with E-state index in [1.54, 1.807) is 6.20 Å². The third-order valence-corrected chi connectivity index (χ3v) is 1.77. The molecule has 0 spiro atoms. The van der Waals surface area contributed by atoms with Gasteiger partial charge in [0.25, 0.3) is 0 Å². The number of hydrogen-bond donors (Lipinski definition) is 1. The molecule has 72 valence electrons. The Hall–Kier alpha value is -1.03. The summed E-state index contributed by atoms with van der Waals surface area (Å²) in [6.07, 6.45) is 3.08. The van der Waals surface area contributed by atoms with Crippen LogP contribution in [-0.4, -0.2) is 26.9 Å². The van der Waals surface area contributed by atoms with Gasteiger partial charge in [-0.1, -0.05) is 13.8 Å². The Balaban J connectivity index is 2.68. The second-order valence-electron chi connectivity index (χ2n) is 3.28. The van der Waals surface area contributed by atoms with E-state index in [1.807, 2.05) is 0 Å². The fraction of sp³-hybridized carbons (Fsp3) is 0.667. The van der Waals surface area contributed by atoms with E-state index < -0.39 is 0 Å². The van der Waals surface area contributed by atoms with Gasteiger partial charge in [0.15, 0.2) is 5.82 Å². The van der Waals surface area contributed by atoms with E-state index in [0.29, 0.717) is 18.8 Å². The number of aromatic nitrogens is 3. The van der Waals surface area contributed by atoms with Crippen LogP contribution in [0, 0.1) is 0 Å². The highest BCUT2D eigenvalue weighted by Crippen LogP contribution is 2.09. The van der Waals surface area contributed by atoms with Crippen LogP contribution in [0.5, 0.6) is 0 Å². The maximum atomic E-state index is 8.63. The maximum Gasteiger partial charge on any atom is 0.151 e. The van der Waals surface area contributed by atoms with Gasteiger partial charge in [-0.25, -0.2) is 4.98 Å². The predicted molar refractivity (Wildman–Crippen MR) is 49.3 cm³/mol. The molecule has 0 atom stereocenters. The lowest BCUT2D eigenvalue weighted by Gasteiger charge is -2.04. The van der Waals surface area contributed by atoms with Gasteiger partial charge in [0.2, 0.25) is 0 Å². The summed E-state index contributed by atoms with van der Waals surface area (Å²) in [6, 6.07) is 0. The summed E-state index contributed by atoms with van der Waals surface area (Å²) in [4.78, 5) is 4.33. The highest BCUT2D eigenvalue weighted by molar-refractivity contribution is 5.01. The summed E-state index contributed by atoms with van der Waals surface area (Å²) in [7, 11) is 0. The van der Waals surface area contributed by atoms with Gasteiger partial charge in [0.1, 0.15) is 0 Å². The Bertz CT molecular complexity index is 263. The van der Waals surface area contributed by atoms with E-state index in [1.165, 1.54) is 0 Å². The average molecular weight is 181 g/mol. The number of nitrogens with zero attached hydrogens (tertiary/aromatic N) is 3. The third-order valence-electron chi connectivity index (χ3n) is 1.77. The van der Waals surface area contributed by atoms with E-state index in [9.17, 15) is 0 Å².